The Bertz CT molecular complexity index is 553. The molecule has 0 heterocycles. The molecule has 5 nitrogen and oxygen atoms in total. The smallest absolute Gasteiger partial charge is 0.319 e. The molecule has 0 aromatic heterocycles. The van der Waals surface area contributed by atoms with E-state index in [1.807, 2.05) is 0 Å². The van der Waals surface area contributed by atoms with Crippen LogP contribution in [0.3, 0.4) is 0 Å². The zero-order valence-electron chi connectivity index (χ0n) is 11.2. The van der Waals surface area contributed by atoms with Crippen molar-refractivity contribution in [1.29, 1.82) is 0 Å². The maximum absolute atomic E-state index is 13.6. The van der Waals surface area contributed by atoms with E-state index in [-0.39, 0.29) is 18.2 Å². The van der Waals surface area contributed by atoms with Gasteiger partial charge in [0.25, 0.3) is 0 Å². The van der Waals surface area contributed by atoms with Crippen LogP contribution in [0, 0.1) is 17.7 Å². The maximum Gasteiger partial charge on any atom is 0.319 e. The Labute approximate surface area is 130 Å². The Morgan fingerprint density at radius 1 is 1.38 bits per heavy atom. The number of carbonyl (C=O) groups is 2. The molecule has 21 heavy (non-hydrogen) atoms. The molecule has 0 spiro atoms. The molecule has 1 aliphatic carbocycles. The zero-order chi connectivity index (χ0) is 15.4. The summed E-state index contributed by atoms with van der Waals surface area (Å²) in [6, 6.07) is 3.80. The summed E-state index contributed by atoms with van der Waals surface area (Å²) in [5.41, 5.74) is 0.0805. The maximum atomic E-state index is 13.6. The lowest BCUT2D eigenvalue weighted by atomic mass is 9.96. The van der Waals surface area contributed by atoms with Gasteiger partial charge in [-0.05, 0) is 37.0 Å². The first-order chi connectivity index (χ1) is 9.97. The highest BCUT2D eigenvalue weighted by Gasteiger charge is 2.32. The van der Waals surface area contributed by atoms with E-state index in [0.29, 0.717) is 10.9 Å². The molecule has 1 saturated carbocycles. The van der Waals surface area contributed by atoms with Crippen molar-refractivity contribution in [2.45, 2.75) is 19.3 Å². The molecule has 3 N–H and O–H groups in total. The lowest BCUT2D eigenvalue weighted by Crippen LogP contribution is -2.35. The van der Waals surface area contributed by atoms with Gasteiger partial charge in [0.15, 0.2) is 0 Å². The first-order valence-corrected chi connectivity index (χ1v) is 7.49. The highest BCUT2D eigenvalue weighted by molar-refractivity contribution is 9.10. The fourth-order valence-corrected chi connectivity index (χ4v) is 2.92. The number of carbonyl (C=O) groups excluding carboxylic acids is 1. The highest BCUT2D eigenvalue weighted by atomic mass is 79.9. The molecule has 2 rings (SSSR count). The van der Waals surface area contributed by atoms with Crippen molar-refractivity contribution in [2.75, 3.05) is 11.9 Å². The van der Waals surface area contributed by atoms with Crippen LogP contribution < -0.4 is 10.6 Å². The zero-order valence-corrected chi connectivity index (χ0v) is 12.8. The van der Waals surface area contributed by atoms with E-state index in [2.05, 4.69) is 26.6 Å². The van der Waals surface area contributed by atoms with Gasteiger partial charge >= 0.3 is 12.0 Å². The van der Waals surface area contributed by atoms with Crippen LogP contribution in [0.1, 0.15) is 19.3 Å². The fourth-order valence-electron chi connectivity index (χ4n) is 2.59. The number of urea groups is 1. The molecule has 1 aromatic carbocycles. The van der Waals surface area contributed by atoms with E-state index in [1.165, 1.54) is 12.1 Å². The van der Waals surface area contributed by atoms with Crippen LogP contribution >= 0.6 is 15.9 Å². The predicted molar refractivity (Wildman–Crippen MR) is 79.6 cm³/mol. The van der Waals surface area contributed by atoms with Gasteiger partial charge in [-0.1, -0.05) is 22.4 Å². The quantitative estimate of drug-likeness (QED) is 0.773. The fraction of sp³-hybridized carbons (Fsp3) is 0.429. The molecule has 7 heteroatoms. The Morgan fingerprint density at radius 3 is 2.81 bits per heavy atom. The van der Waals surface area contributed by atoms with Crippen molar-refractivity contribution in [2.24, 2.45) is 11.8 Å². The number of rotatable bonds is 4. The standard InChI is InChI=1S/C14H16BrFN2O3/c15-9-4-5-12(11(16)6-9)18-14(21)17-7-8-2-1-3-10(8)13(19)20/h4-6,8,10H,1-3,7H2,(H,19,20)(H2,17,18,21). The molecule has 0 radical (unpaired) electrons. The van der Waals surface area contributed by atoms with Gasteiger partial charge in [-0.3, -0.25) is 4.79 Å². The topological polar surface area (TPSA) is 78.4 Å². The average molecular weight is 359 g/mol. The molecule has 114 valence electrons. The Hall–Kier alpha value is -1.63. The first kappa shape index (κ1) is 15.8. The third-order valence-corrected chi connectivity index (χ3v) is 4.17. The number of halogens is 2. The van der Waals surface area contributed by atoms with E-state index in [4.69, 9.17) is 5.11 Å². The second-order valence-electron chi connectivity index (χ2n) is 5.09. The Kier molecular flexibility index (Phi) is 5.17. The summed E-state index contributed by atoms with van der Waals surface area (Å²) in [6.45, 7) is 0.279. The van der Waals surface area contributed by atoms with Gasteiger partial charge in [0.05, 0.1) is 11.6 Å². The predicted octanol–water partition coefficient (Wildman–Crippen LogP) is 3.21. The number of anilines is 1. The summed E-state index contributed by atoms with van der Waals surface area (Å²) >= 11 is 3.13. The second-order valence-corrected chi connectivity index (χ2v) is 6.01. The molecular formula is C14H16BrFN2O3. The van der Waals surface area contributed by atoms with E-state index in [9.17, 15) is 14.0 Å². The first-order valence-electron chi connectivity index (χ1n) is 6.70. The normalized spacial score (nSPS) is 21.0. The van der Waals surface area contributed by atoms with Crippen LogP contribution in [0.25, 0.3) is 0 Å². The minimum atomic E-state index is -0.821. The van der Waals surface area contributed by atoms with Crippen LogP contribution in [-0.2, 0) is 4.79 Å². The van der Waals surface area contributed by atoms with E-state index >= 15 is 0 Å². The Balaban J connectivity index is 1.86. The number of hydrogen-bond donors (Lipinski definition) is 3. The number of benzene rings is 1. The van der Waals surface area contributed by atoms with Crippen molar-refractivity contribution in [3.63, 3.8) is 0 Å². The van der Waals surface area contributed by atoms with Gasteiger partial charge in [-0.15, -0.1) is 0 Å². The van der Waals surface area contributed by atoms with Crippen LogP contribution in [0.2, 0.25) is 0 Å². The summed E-state index contributed by atoms with van der Waals surface area (Å²) in [4.78, 5) is 22.8. The number of carboxylic acid groups (broad SMARTS) is 1. The molecule has 1 aromatic rings. The van der Waals surface area contributed by atoms with Gasteiger partial charge in [-0.25, -0.2) is 9.18 Å². The van der Waals surface area contributed by atoms with Crippen LogP contribution in [-0.4, -0.2) is 23.7 Å². The van der Waals surface area contributed by atoms with Gasteiger partial charge in [0, 0.05) is 11.0 Å². The molecule has 2 unspecified atom stereocenters. The monoisotopic (exact) mass is 358 g/mol. The van der Waals surface area contributed by atoms with E-state index in [0.717, 1.165) is 12.8 Å². The Morgan fingerprint density at radius 2 is 2.14 bits per heavy atom. The van der Waals surface area contributed by atoms with Crippen LogP contribution in [0.5, 0.6) is 0 Å². The van der Waals surface area contributed by atoms with Crippen molar-refractivity contribution in [3.8, 4) is 0 Å². The SMILES string of the molecule is O=C(NCC1CCCC1C(=O)O)Nc1ccc(Br)cc1F. The van der Waals surface area contributed by atoms with Gasteiger partial charge in [-0.2, -0.15) is 0 Å². The van der Waals surface area contributed by atoms with Crippen molar-refractivity contribution in [3.05, 3.63) is 28.5 Å². The number of aliphatic carboxylic acids is 1. The largest absolute Gasteiger partial charge is 0.481 e. The summed E-state index contributed by atoms with van der Waals surface area (Å²) in [5, 5.41) is 14.1. The average Bonchev–Trinajstić information content (AvgIpc) is 2.88. The molecule has 0 aliphatic heterocycles. The van der Waals surface area contributed by atoms with Gasteiger partial charge < -0.3 is 15.7 Å². The van der Waals surface area contributed by atoms with E-state index < -0.39 is 23.7 Å². The molecule has 2 amide bonds. The molecule has 1 aliphatic rings. The molecule has 2 atom stereocenters. The summed E-state index contributed by atoms with van der Waals surface area (Å²) in [7, 11) is 0. The van der Waals surface area contributed by atoms with E-state index in [1.54, 1.807) is 6.07 Å². The van der Waals surface area contributed by atoms with Crippen molar-refractivity contribution in [1.82, 2.24) is 5.32 Å². The van der Waals surface area contributed by atoms with Crippen molar-refractivity contribution >= 4 is 33.6 Å². The number of nitrogens with one attached hydrogen (secondary N) is 2. The van der Waals surface area contributed by atoms with Crippen molar-refractivity contribution < 1.29 is 19.1 Å². The summed E-state index contributed by atoms with van der Waals surface area (Å²) in [6.07, 6.45) is 2.28. The molecule has 0 bridgehead atoms. The highest BCUT2D eigenvalue weighted by Crippen LogP contribution is 2.31. The summed E-state index contributed by atoms with van der Waals surface area (Å²) in [5.74, 6) is -1.83. The molecule has 0 saturated heterocycles. The number of hydrogen-bond acceptors (Lipinski definition) is 2. The second kappa shape index (κ2) is 6.89. The number of amides is 2. The molecular weight excluding hydrogens is 343 g/mol. The lowest BCUT2D eigenvalue weighted by molar-refractivity contribution is -0.142. The third kappa shape index (κ3) is 4.17. The third-order valence-electron chi connectivity index (χ3n) is 3.68. The summed E-state index contributed by atoms with van der Waals surface area (Å²) < 4.78 is 14.2. The minimum absolute atomic E-state index is 0.0667. The minimum Gasteiger partial charge on any atom is -0.481 e. The molecule has 1 fully saturated rings. The van der Waals surface area contributed by atoms with Gasteiger partial charge in [0.2, 0.25) is 0 Å². The van der Waals surface area contributed by atoms with Crippen LogP contribution in [0.4, 0.5) is 14.9 Å². The van der Waals surface area contributed by atoms with Gasteiger partial charge in [0.1, 0.15) is 5.82 Å². The lowest BCUT2D eigenvalue weighted by Gasteiger charge is -2.16. The number of carboxylic acids is 1. The van der Waals surface area contributed by atoms with Crippen LogP contribution in [0.15, 0.2) is 22.7 Å².